The Morgan fingerprint density at radius 1 is 1.33 bits per heavy atom. The maximum absolute atomic E-state index is 11.6. The molecule has 1 unspecified atom stereocenters. The molecule has 0 spiro atoms. The van der Waals surface area contributed by atoms with E-state index in [2.05, 4.69) is 25.0 Å². The molecule has 1 aromatic carbocycles. The van der Waals surface area contributed by atoms with Gasteiger partial charge >= 0.3 is 11.7 Å². The van der Waals surface area contributed by atoms with Crippen LogP contribution in [0.4, 0.5) is 5.95 Å². The van der Waals surface area contributed by atoms with Crippen molar-refractivity contribution in [3.63, 3.8) is 0 Å². The van der Waals surface area contributed by atoms with Crippen LogP contribution >= 0.6 is 0 Å². The quantitative estimate of drug-likeness (QED) is 0.706. The zero-order valence-electron chi connectivity index (χ0n) is 13.4. The number of nitrogens with zero attached hydrogens (tertiary/aromatic N) is 2. The van der Waals surface area contributed by atoms with E-state index >= 15 is 0 Å². The van der Waals surface area contributed by atoms with Gasteiger partial charge in [0.15, 0.2) is 11.3 Å². The molecule has 0 bridgehead atoms. The lowest BCUT2D eigenvalue weighted by atomic mass is 10.1. The number of aromatic amines is 1. The van der Waals surface area contributed by atoms with Crippen molar-refractivity contribution in [1.82, 2.24) is 15.0 Å². The lowest BCUT2D eigenvalue weighted by molar-refractivity contribution is 0.0594. The van der Waals surface area contributed by atoms with Gasteiger partial charge in [-0.2, -0.15) is 0 Å². The molecule has 0 saturated heterocycles. The Bertz CT molecular complexity index is 960. The Hall–Kier alpha value is -3.16. The van der Waals surface area contributed by atoms with Crippen LogP contribution in [0.2, 0.25) is 0 Å². The molecule has 8 nitrogen and oxygen atoms in total. The maximum atomic E-state index is 11.6. The molecule has 8 heteroatoms. The third-order valence-electron chi connectivity index (χ3n) is 3.54. The zero-order chi connectivity index (χ0) is 17.3. The molecule has 2 heterocycles. The lowest BCUT2D eigenvalue weighted by Gasteiger charge is -2.15. The number of ether oxygens (including phenoxy) is 1. The summed E-state index contributed by atoms with van der Waals surface area (Å²) in [4.78, 5) is 33.9. The highest BCUT2D eigenvalue weighted by Gasteiger charge is 2.14. The van der Waals surface area contributed by atoms with Crippen LogP contribution in [0.3, 0.4) is 0 Å². The van der Waals surface area contributed by atoms with Crippen molar-refractivity contribution < 1.29 is 13.9 Å². The van der Waals surface area contributed by atoms with Crippen LogP contribution in [0.15, 0.2) is 33.5 Å². The van der Waals surface area contributed by atoms with Crippen LogP contribution in [0.25, 0.3) is 11.1 Å². The molecule has 0 fully saturated rings. The molecule has 1 atom stereocenters. The second-order valence-electron chi connectivity index (χ2n) is 5.35. The first-order valence-corrected chi connectivity index (χ1v) is 7.29. The van der Waals surface area contributed by atoms with Crippen molar-refractivity contribution in [1.29, 1.82) is 0 Å². The Morgan fingerprint density at radius 2 is 2.12 bits per heavy atom. The van der Waals surface area contributed by atoms with Gasteiger partial charge in [-0.1, -0.05) is 6.07 Å². The number of oxazole rings is 1. The molecule has 0 aliphatic heterocycles. The van der Waals surface area contributed by atoms with Gasteiger partial charge in [-0.3, -0.25) is 4.98 Å². The van der Waals surface area contributed by atoms with Gasteiger partial charge in [-0.15, -0.1) is 0 Å². The van der Waals surface area contributed by atoms with Crippen molar-refractivity contribution in [3.05, 3.63) is 51.8 Å². The number of methoxy groups -OCH3 is 1. The average molecular weight is 328 g/mol. The largest absolute Gasteiger partial charge is 0.464 e. The first kappa shape index (κ1) is 15.7. The summed E-state index contributed by atoms with van der Waals surface area (Å²) in [5, 5.41) is 3.13. The summed E-state index contributed by atoms with van der Waals surface area (Å²) in [5.41, 5.74) is 2.83. The number of carbonyl (C=O) groups excluding carboxylic acids is 1. The predicted molar refractivity (Wildman–Crippen MR) is 87.0 cm³/mol. The van der Waals surface area contributed by atoms with E-state index in [1.807, 2.05) is 13.0 Å². The summed E-state index contributed by atoms with van der Waals surface area (Å²) in [7, 11) is 1.30. The smallest absolute Gasteiger partial charge is 0.417 e. The number of H-pyrrole nitrogens is 1. The predicted octanol–water partition coefficient (Wildman–Crippen LogP) is 2.18. The summed E-state index contributed by atoms with van der Waals surface area (Å²) in [6.45, 7) is 3.68. The van der Waals surface area contributed by atoms with Gasteiger partial charge in [0.2, 0.25) is 5.95 Å². The fourth-order valence-corrected chi connectivity index (χ4v) is 2.35. The van der Waals surface area contributed by atoms with E-state index in [0.29, 0.717) is 22.7 Å². The number of rotatable bonds is 4. The molecule has 3 rings (SSSR count). The SMILES string of the molecule is COC(=O)c1cc(C)nc(NC(C)c2ccc3[nH]c(=O)oc3c2)n1. The van der Waals surface area contributed by atoms with Gasteiger partial charge in [0.1, 0.15) is 0 Å². The third-order valence-corrected chi connectivity index (χ3v) is 3.54. The number of hydrogen-bond acceptors (Lipinski definition) is 7. The van der Waals surface area contributed by atoms with Crippen LogP contribution < -0.4 is 11.1 Å². The highest BCUT2D eigenvalue weighted by Crippen LogP contribution is 2.21. The monoisotopic (exact) mass is 328 g/mol. The van der Waals surface area contributed by atoms with E-state index in [1.165, 1.54) is 7.11 Å². The summed E-state index contributed by atoms with van der Waals surface area (Å²) >= 11 is 0. The van der Waals surface area contributed by atoms with Gasteiger partial charge in [0.05, 0.1) is 18.7 Å². The topological polar surface area (TPSA) is 110 Å². The number of esters is 1. The molecule has 3 aromatic rings. The number of aromatic nitrogens is 3. The van der Waals surface area contributed by atoms with Gasteiger partial charge in [0, 0.05) is 5.69 Å². The Balaban J connectivity index is 1.87. The minimum Gasteiger partial charge on any atom is -0.464 e. The highest BCUT2D eigenvalue weighted by molar-refractivity contribution is 5.87. The molecule has 124 valence electrons. The fraction of sp³-hybridized carbons (Fsp3) is 0.250. The number of carbonyl (C=O) groups is 1. The highest BCUT2D eigenvalue weighted by atomic mass is 16.5. The summed E-state index contributed by atoms with van der Waals surface area (Å²) in [6, 6.07) is 6.79. The normalized spacial score (nSPS) is 12.1. The molecule has 0 saturated carbocycles. The first-order valence-electron chi connectivity index (χ1n) is 7.29. The number of benzene rings is 1. The second kappa shape index (κ2) is 6.15. The number of anilines is 1. The van der Waals surface area contributed by atoms with E-state index in [-0.39, 0.29) is 11.7 Å². The van der Waals surface area contributed by atoms with Crippen LogP contribution in [0.1, 0.15) is 34.7 Å². The molecular formula is C16H16N4O4. The van der Waals surface area contributed by atoms with E-state index in [0.717, 1.165) is 5.56 Å². The Kier molecular flexibility index (Phi) is 4.03. The van der Waals surface area contributed by atoms with Gasteiger partial charge in [0.25, 0.3) is 0 Å². The standard InChI is InChI=1S/C16H16N4O4/c1-8-6-12(14(21)23-3)19-15(17-8)18-9(2)10-4-5-11-13(7-10)24-16(22)20-11/h4-7,9H,1-3H3,(H,20,22)(H,17,18,19). The van der Waals surface area contributed by atoms with Crippen molar-refractivity contribution in [2.75, 3.05) is 12.4 Å². The fourth-order valence-electron chi connectivity index (χ4n) is 2.35. The molecular weight excluding hydrogens is 312 g/mol. The van der Waals surface area contributed by atoms with Gasteiger partial charge < -0.3 is 14.5 Å². The van der Waals surface area contributed by atoms with E-state index in [1.54, 1.807) is 25.1 Å². The lowest BCUT2D eigenvalue weighted by Crippen LogP contribution is -2.13. The molecule has 24 heavy (non-hydrogen) atoms. The first-order chi connectivity index (χ1) is 11.5. The van der Waals surface area contributed by atoms with E-state index in [4.69, 9.17) is 4.42 Å². The molecule has 2 N–H and O–H groups in total. The van der Waals surface area contributed by atoms with Gasteiger partial charge in [-0.25, -0.2) is 19.6 Å². The molecule has 2 aromatic heterocycles. The minimum atomic E-state index is -0.522. The third kappa shape index (κ3) is 3.12. The maximum Gasteiger partial charge on any atom is 0.417 e. The minimum absolute atomic E-state index is 0.165. The van der Waals surface area contributed by atoms with Crippen molar-refractivity contribution >= 4 is 23.0 Å². The van der Waals surface area contributed by atoms with Crippen LogP contribution in [0, 0.1) is 6.92 Å². The summed E-state index contributed by atoms with van der Waals surface area (Å²) in [5.74, 6) is -0.697. The van der Waals surface area contributed by atoms with Gasteiger partial charge in [-0.05, 0) is 37.6 Å². The zero-order valence-corrected chi connectivity index (χ0v) is 13.4. The summed E-state index contributed by atoms with van der Waals surface area (Å²) < 4.78 is 9.75. The molecule has 0 aliphatic carbocycles. The number of fused-ring (bicyclic) bond motifs is 1. The number of aryl methyl sites for hydroxylation is 1. The molecule has 0 amide bonds. The average Bonchev–Trinajstić information content (AvgIpc) is 2.92. The molecule has 0 radical (unpaired) electrons. The number of nitrogens with one attached hydrogen (secondary N) is 2. The summed E-state index contributed by atoms with van der Waals surface area (Å²) in [6.07, 6.45) is 0. The van der Waals surface area contributed by atoms with Crippen LogP contribution in [0.5, 0.6) is 0 Å². The molecule has 0 aliphatic rings. The van der Waals surface area contributed by atoms with E-state index < -0.39 is 11.7 Å². The van der Waals surface area contributed by atoms with Crippen LogP contribution in [-0.2, 0) is 4.74 Å². The van der Waals surface area contributed by atoms with E-state index in [9.17, 15) is 9.59 Å². The Morgan fingerprint density at radius 3 is 2.88 bits per heavy atom. The van der Waals surface area contributed by atoms with Crippen molar-refractivity contribution in [2.45, 2.75) is 19.9 Å². The number of hydrogen-bond donors (Lipinski definition) is 2. The van der Waals surface area contributed by atoms with Crippen molar-refractivity contribution in [2.24, 2.45) is 0 Å². The van der Waals surface area contributed by atoms with Crippen LogP contribution in [-0.4, -0.2) is 28.0 Å². The Labute approximate surface area is 136 Å². The second-order valence-corrected chi connectivity index (χ2v) is 5.35. The van der Waals surface area contributed by atoms with Crippen molar-refractivity contribution in [3.8, 4) is 0 Å².